The van der Waals surface area contributed by atoms with Crippen LogP contribution in [0.15, 0.2) is 42.7 Å². The number of ether oxygens (including phenoxy) is 2. The van der Waals surface area contributed by atoms with E-state index >= 15 is 0 Å². The molecule has 0 radical (unpaired) electrons. The fourth-order valence-electron chi connectivity index (χ4n) is 1.62. The highest BCUT2D eigenvalue weighted by Crippen LogP contribution is 2.27. The molecule has 2 aromatic rings. The van der Waals surface area contributed by atoms with Gasteiger partial charge < -0.3 is 14.8 Å². The molecule has 1 heterocycles. The molecule has 0 saturated carbocycles. The lowest BCUT2D eigenvalue weighted by Crippen LogP contribution is -2.16. The lowest BCUT2D eigenvalue weighted by Gasteiger charge is -2.10. The van der Waals surface area contributed by atoms with Crippen LogP contribution in [0.5, 0.6) is 17.2 Å². The third kappa shape index (κ3) is 4.87. The van der Waals surface area contributed by atoms with E-state index in [-0.39, 0.29) is 5.75 Å². The molecule has 112 valence electrons. The van der Waals surface area contributed by atoms with Crippen molar-refractivity contribution < 1.29 is 22.6 Å². The average Bonchev–Trinajstić information content (AvgIpc) is 2.40. The van der Waals surface area contributed by atoms with E-state index in [0.29, 0.717) is 11.5 Å². The molecule has 1 aromatic heterocycles. The molecule has 0 aliphatic carbocycles. The van der Waals surface area contributed by atoms with E-state index in [1.165, 1.54) is 30.5 Å². The zero-order chi connectivity index (χ0) is 15.3. The molecular formula is C14H13F3N2O2. The van der Waals surface area contributed by atoms with Crippen molar-refractivity contribution in [3.05, 3.63) is 42.7 Å². The Balaban J connectivity index is 2.04. The van der Waals surface area contributed by atoms with Crippen molar-refractivity contribution in [2.75, 3.05) is 11.9 Å². The zero-order valence-electron chi connectivity index (χ0n) is 11.1. The van der Waals surface area contributed by atoms with Gasteiger partial charge in [0.15, 0.2) is 0 Å². The van der Waals surface area contributed by atoms with Crippen molar-refractivity contribution in [1.82, 2.24) is 4.98 Å². The molecule has 1 aromatic carbocycles. The van der Waals surface area contributed by atoms with Crippen LogP contribution in [0.1, 0.15) is 6.92 Å². The third-order valence-electron chi connectivity index (χ3n) is 2.39. The van der Waals surface area contributed by atoms with Gasteiger partial charge in [-0.15, -0.1) is 13.2 Å². The van der Waals surface area contributed by atoms with E-state index in [1.54, 1.807) is 12.3 Å². The van der Waals surface area contributed by atoms with Crippen LogP contribution in [0.3, 0.4) is 0 Å². The molecule has 0 atom stereocenters. The number of alkyl halides is 3. The van der Waals surface area contributed by atoms with Crippen LogP contribution in [0, 0.1) is 0 Å². The molecule has 0 aliphatic heterocycles. The fourth-order valence-corrected chi connectivity index (χ4v) is 1.62. The Morgan fingerprint density at radius 2 is 1.71 bits per heavy atom. The number of aromatic nitrogens is 1. The Morgan fingerprint density at radius 3 is 2.33 bits per heavy atom. The SMILES string of the molecule is CCNc1cncc(Oc2ccc(OC(F)(F)F)cc2)c1. The second-order valence-corrected chi connectivity index (χ2v) is 4.06. The summed E-state index contributed by atoms with van der Waals surface area (Å²) in [7, 11) is 0. The summed E-state index contributed by atoms with van der Waals surface area (Å²) < 4.78 is 45.4. The number of benzene rings is 1. The summed E-state index contributed by atoms with van der Waals surface area (Å²) >= 11 is 0. The number of halogens is 3. The molecule has 4 nitrogen and oxygen atoms in total. The van der Waals surface area contributed by atoms with E-state index in [2.05, 4.69) is 15.0 Å². The quantitative estimate of drug-likeness (QED) is 0.898. The van der Waals surface area contributed by atoms with E-state index in [4.69, 9.17) is 4.74 Å². The van der Waals surface area contributed by atoms with Crippen LogP contribution in [0.4, 0.5) is 18.9 Å². The lowest BCUT2D eigenvalue weighted by molar-refractivity contribution is -0.274. The molecule has 7 heteroatoms. The number of anilines is 1. The molecule has 21 heavy (non-hydrogen) atoms. The summed E-state index contributed by atoms with van der Waals surface area (Å²) in [4.78, 5) is 4.00. The molecule has 0 bridgehead atoms. The van der Waals surface area contributed by atoms with E-state index in [9.17, 15) is 13.2 Å². The van der Waals surface area contributed by atoms with Crippen molar-refractivity contribution in [2.45, 2.75) is 13.3 Å². The smallest absolute Gasteiger partial charge is 0.456 e. The maximum absolute atomic E-state index is 12.0. The predicted molar refractivity (Wildman–Crippen MR) is 71.6 cm³/mol. The molecule has 0 fully saturated rings. The number of nitrogens with one attached hydrogen (secondary N) is 1. The van der Waals surface area contributed by atoms with Gasteiger partial charge in [-0.3, -0.25) is 4.98 Å². The van der Waals surface area contributed by atoms with E-state index in [1.807, 2.05) is 6.92 Å². The molecule has 0 saturated heterocycles. The van der Waals surface area contributed by atoms with Crippen LogP contribution >= 0.6 is 0 Å². The van der Waals surface area contributed by atoms with Crippen molar-refractivity contribution >= 4 is 5.69 Å². The zero-order valence-corrected chi connectivity index (χ0v) is 11.1. The summed E-state index contributed by atoms with van der Waals surface area (Å²) in [6.45, 7) is 2.70. The maximum Gasteiger partial charge on any atom is 0.573 e. The van der Waals surface area contributed by atoms with Gasteiger partial charge in [-0.1, -0.05) is 0 Å². The van der Waals surface area contributed by atoms with Crippen molar-refractivity contribution in [3.63, 3.8) is 0 Å². The van der Waals surface area contributed by atoms with Crippen LogP contribution in [-0.2, 0) is 0 Å². The molecule has 0 aliphatic rings. The topological polar surface area (TPSA) is 43.4 Å². The first-order valence-electron chi connectivity index (χ1n) is 6.19. The van der Waals surface area contributed by atoms with Crippen molar-refractivity contribution in [1.29, 1.82) is 0 Å². The van der Waals surface area contributed by atoms with Crippen molar-refractivity contribution in [2.24, 2.45) is 0 Å². The summed E-state index contributed by atoms with van der Waals surface area (Å²) in [5.41, 5.74) is 0.798. The first-order valence-corrected chi connectivity index (χ1v) is 6.19. The highest BCUT2D eigenvalue weighted by molar-refractivity contribution is 5.46. The lowest BCUT2D eigenvalue weighted by atomic mass is 10.3. The third-order valence-corrected chi connectivity index (χ3v) is 2.39. The molecule has 0 spiro atoms. The second-order valence-electron chi connectivity index (χ2n) is 4.06. The van der Waals surface area contributed by atoms with E-state index < -0.39 is 6.36 Å². The minimum Gasteiger partial charge on any atom is -0.456 e. The molecular weight excluding hydrogens is 285 g/mol. The standard InChI is InChI=1S/C14H13F3N2O2/c1-2-19-10-7-13(9-18-8-10)20-11-3-5-12(6-4-11)21-14(15,16)17/h3-9,19H,2H2,1H3. The second kappa shape index (κ2) is 6.34. The Labute approximate surface area is 119 Å². The first kappa shape index (κ1) is 15.0. The van der Waals surface area contributed by atoms with Gasteiger partial charge in [-0.2, -0.15) is 0 Å². The summed E-state index contributed by atoms with van der Waals surface area (Å²) in [5, 5.41) is 3.08. The largest absolute Gasteiger partial charge is 0.573 e. The molecule has 1 N–H and O–H groups in total. The normalized spacial score (nSPS) is 11.0. The number of hydrogen-bond acceptors (Lipinski definition) is 4. The van der Waals surface area contributed by atoms with Gasteiger partial charge in [0.25, 0.3) is 0 Å². The van der Waals surface area contributed by atoms with Gasteiger partial charge in [0.05, 0.1) is 18.1 Å². The highest BCUT2D eigenvalue weighted by Gasteiger charge is 2.30. The Kier molecular flexibility index (Phi) is 4.52. The summed E-state index contributed by atoms with van der Waals surface area (Å²) in [6, 6.07) is 6.90. The summed E-state index contributed by atoms with van der Waals surface area (Å²) in [6.07, 6.45) is -1.54. The van der Waals surface area contributed by atoms with Gasteiger partial charge in [0.2, 0.25) is 0 Å². The van der Waals surface area contributed by atoms with Crippen LogP contribution < -0.4 is 14.8 Å². The number of pyridine rings is 1. The fraction of sp³-hybridized carbons (Fsp3) is 0.214. The van der Waals surface area contributed by atoms with Gasteiger partial charge in [0.1, 0.15) is 17.2 Å². The Bertz CT molecular complexity index is 586. The number of hydrogen-bond donors (Lipinski definition) is 1. The Morgan fingerprint density at radius 1 is 1.05 bits per heavy atom. The molecule has 2 rings (SSSR count). The van der Waals surface area contributed by atoms with Gasteiger partial charge in [-0.05, 0) is 31.2 Å². The highest BCUT2D eigenvalue weighted by atomic mass is 19.4. The van der Waals surface area contributed by atoms with E-state index in [0.717, 1.165) is 12.2 Å². The minimum atomic E-state index is -4.70. The summed E-state index contributed by atoms with van der Waals surface area (Å²) in [5.74, 6) is 0.576. The molecule has 0 unspecified atom stereocenters. The maximum atomic E-state index is 12.0. The monoisotopic (exact) mass is 298 g/mol. The average molecular weight is 298 g/mol. The first-order chi connectivity index (χ1) is 9.96. The minimum absolute atomic E-state index is 0.297. The van der Waals surface area contributed by atoms with Crippen LogP contribution in [0.2, 0.25) is 0 Å². The van der Waals surface area contributed by atoms with Gasteiger partial charge in [0, 0.05) is 12.6 Å². The van der Waals surface area contributed by atoms with Gasteiger partial charge in [-0.25, -0.2) is 0 Å². The predicted octanol–water partition coefficient (Wildman–Crippen LogP) is 4.20. The van der Waals surface area contributed by atoms with Crippen molar-refractivity contribution in [3.8, 4) is 17.2 Å². The molecule has 0 amide bonds. The Hall–Kier alpha value is -2.44. The van der Waals surface area contributed by atoms with Crippen LogP contribution in [-0.4, -0.2) is 17.9 Å². The number of nitrogens with zero attached hydrogens (tertiary/aromatic N) is 1. The van der Waals surface area contributed by atoms with Gasteiger partial charge >= 0.3 is 6.36 Å². The van der Waals surface area contributed by atoms with Crippen LogP contribution in [0.25, 0.3) is 0 Å². The number of rotatable bonds is 5.